The van der Waals surface area contributed by atoms with E-state index in [-0.39, 0.29) is 16.9 Å². The number of carboxylic acids is 1. The number of H-pyrrole nitrogens is 2. The highest BCUT2D eigenvalue weighted by Crippen LogP contribution is 2.19. The summed E-state index contributed by atoms with van der Waals surface area (Å²) in [6, 6.07) is 4.76. The maximum atomic E-state index is 11.8. The topological polar surface area (TPSA) is 115 Å². The van der Waals surface area contributed by atoms with Crippen molar-refractivity contribution in [1.29, 1.82) is 0 Å². The van der Waals surface area contributed by atoms with Gasteiger partial charge < -0.3 is 20.4 Å². The van der Waals surface area contributed by atoms with Crippen LogP contribution in [-0.4, -0.2) is 27.0 Å². The van der Waals surface area contributed by atoms with Crippen molar-refractivity contribution in [2.24, 2.45) is 0 Å². The van der Waals surface area contributed by atoms with Gasteiger partial charge in [-0.1, -0.05) is 12.1 Å². The molecular formula is C12H11N3O4. The van der Waals surface area contributed by atoms with Crippen LogP contribution in [0.3, 0.4) is 0 Å². The van der Waals surface area contributed by atoms with Crippen molar-refractivity contribution in [2.75, 3.05) is 5.32 Å². The molecule has 1 aromatic heterocycles. The van der Waals surface area contributed by atoms with Gasteiger partial charge in [0.05, 0.1) is 11.3 Å². The highest BCUT2D eigenvalue weighted by atomic mass is 16.4. The Balaban J connectivity index is 2.34. The second-order valence-corrected chi connectivity index (χ2v) is 3.91. The summed E-state index contributed by atoms with van der Waals surface area (Å²) in [5.74, 6) is -1.72. The normalized spacial score (nSPS) is 10.2. The quantitative estimate of drug-likeness (QED) is 0.658. The molecule has 0 aliphatic rings. The number of amides is 1. The molecule has 0 fully saturated rings. The van der Waals surface area contributed by atoms with Crippen LogP contribution in [0.25, 0.3) is 0 Å². The molecule has 0 aliphatic carbocycles. The van der Waals surface area contributed by atoms with Crippen LogP contribution in [0.4, 0.5) is 5.69 Å². The highest BCUT2D eigenvalue weighted by Gasteiger charge is 2.16. The van der Waals surface area contributed by atoms with Crippen LogP contribution in [-0.2, 0) is 0 Å². The van der Waals surface area contributed by atoms with Crippen LogP contribution in [0.15, 0.2) is 29.2 Å². The van der Waals surface area contributed by atoms with Gasteiger partial charge in [-0.3, -0.25) is 4.79 Å². The predicted molar refractivity (Wildman–Crippen MR) is 67.5 cm³/mol. The molecule has 2 aromatic rings. The van der Waals surface area contributed by atoms with Crippen molar-refractivity contribution >= 4 is 17.6 Å². The van der Waals surface area contributed by atoms with Crippen LogP contribution < -0.4 is 11.0 Å². The van der Waals surface area contributed by atoms with Crippen LogP contribution in [0.1, 0.15) is 26.4 Å². The number of benzene rings is 1. The Morgan fingerprint density at radius 3 is 2.63 bits per heavy atom. The number of carboxylic acid groups (broad SMARTS) is 1. The second-order valence-electron chi connectivity index (χ2n) is 3.91. The number of hydrogen-bond donors (Lipinski definition) is 4. The van der Waals surface area contributed by atoms with Gasteiger partial charge in [0.1, 0.15) is 5.69 Å². The van der Waals surface area contributed by atoms with Gasteiger partial charge in [0.25, 0.3) is 5.91 Å². The predicted octanol–water partition coefficient (Wildman–Crippen LogP) is 0.962. The molecule has 2 rings (SSSR count). The Kier molecular flexibility index (Phi) is 3.19. The number of hydrogen-bond acceptors (Lipinski definition) is 3. The van der Waals surface area contributed by atoms with Gasteiger partial charge in [-0.25, -0.2) is 9.59 Å². The molecule has 0 bridgehead atoms. The van der Waals surface area contributed by atoms with Crippen molar-refractivity contribution in [3.8, 4) is 0 Å². The molecule has 4 N–H and O–H groups in total. The van der Waals surface area contributed by atoms with Crippen LogP contribution >= 0.6 is 0 Å². The summed E-state index contributed by atoms with van der Waals surface area (Å²) < 4.78 is 0. The third kappa shape index (κ3) is 2.54. The lowest BCUT2D eigenvalue weighted by molar-refractivity contribution is 0.0697. The van der Waals surface area contributed by atoms with Gasteiger partial charge in [-0.05, 0) is 18.6 Å². The molecule has 0 aliphatic heterocycles. The van der Waals surface area contributed by atoms with Gasteiger partial charge in [0.15, 0.2) is 0 Å². The lowest BCUT2D eigenvalue weighted by atomic mass is 10.1. The van der Waals surface area contributed by atoms with Crippen molar-refractivity contribution in [2.45, 2.75) is 6.92 Å². The Morgan fingerprint density at radius 2 is 2.05 bits per heavy atom. The number of aromatic carboxylic acids is 1. The first-order valence-electron chi connectivity index (χ1n) is 5.41. The molecule has 0 atom stereocenters. The number of imidazole rings is 1. The number of anilines is 1. The first-order valence-corrected chi connectivity index (χ1v) is 5.41. The molecule has 98 valence electrons. The number of carbonyl (C=O) groups excluding carboxylic acids is 1. The summed E-state index contributed by atoms with van der Waals surface area (Å²) in [5.41, 5.74) is 0.261. The van der Waals surface area contributed by atoms with E-state index in [4.69, 9.17) is 5.11 Å². The third-order valence-electron chi connectivity index (χ3n) is 2.58. The zero-order chi connectivity index (χ0) is 14.0. The van der Waals surface area contributed by atoms with Crippen LogP contribution in [0.5, 0.6) is 0 Å². The Hall–Kier alpha value is -2.83. The van der Waals surface area contributed by atoms with E-state index in [1.54, 1.807) is 19.1 Å². The fourth-order valence-corrected chi connectivity index (χ4v) is 1.70. The third-order valence-corrected chi connectivity index (χ3v) is 2.58. The number of carbonyl (C=O) groups is 2. The van der Waals surface area contributed by atoms with E-state index in [9.17, 15) is 14.4 Å². The first kappa shape index (κ1) is 12.6. The maximum absolute atomic E-state index is 11.8. The molecule has 7 nitrogen and oxygen atoms in total. The second kappa shape index (κ2) is 4.81. The molecule has 1 amide bonds. The molecule has 0 saturated heterocycles. The highest BCUT2D eigenvalue weighted by molar-refractivity contribution is 6.07. The molecule has 0 spiro atoms. The Labute approximate surface area is 107 Å². The summed E-state index contributed by atoms with van der Waals surface area (Å²) in [5, 5.41) is 11.6. The number of aryl methyl sites for hydroxylation is 1. The SMILES string of the molecule is Cc1cccc(NC(=O)c2c[nH]c(=O)[nH]2)c1C(=O)O. The van der Waals surface area contributed by atoms with Crippen LogP contribution in [0, 0.1) is 6.92 Å². The van der Waals surface area contributed by atoms with E-state index in [0.29, 0.717) is 5.56 Å². The molecular weight excluding hydrogens is 250 g/mol. The fraction of sp³-hybridized carbons (Fsp3) is 0.0833. The van der Waals surface area contributed by atoms with E-state index < -0.39 is 17.6 Å². The summed E-state index contributed by atoms with van der Waals surface area (Å²) in [6.45, 7) is 1.64. The molecule has 7 heteroatoms. The molecule has 1 heterocycles. The van der Waals surface area contributed by atoms with Gasteiger partial charge in [-0.2, -0.15) is 0 Å². The first-order chi connectivity index (χ1) is 8.99. The van der Waals surface area contributed by atoms with Crippen molar-refractivity contribution < 1.29 is 14.7 Å². The Bertz CT molecular complexity index is 699. The summed E-state index contributed by atoms with van der Waals surface area (Å²) in [7, 11) is 0. The largest absolute Gasteiger partial charge is 0.478 e. The van der Waals surface area contributed by atoms with E-state index in [0.717, 1.165) is 0 Å². The Morgan fingerprint density at radius 1 is 1.32 bits per heavy atom. The average molecular weight is 261 g/mol. The van der Waals surface area contributed by atoms with E-state index in [1.807, 2.05) is 0 Å². The monoisotopic (exact) mass is 261 g/mol. The van der Waals surface area contributed by atoms with E-state index in [1.165, 1.54) is 12.3 Å². The lowest BCUT2D eigenvalue weighted by Crippen LogP contribution is -2.16. The van der Waals surface area contributed by atoms with Crippen LogP contribution in [0.2, 0.25) is 0 Å². The number of rotatable bonds is 3. The molecule has 0 saturated carbocycles. The van der Waals surface area contributed by atoms with Gasteiger partial charge in [0.2, 0.25) is 0 Å². The number of aromatic amines is 2. The van der Waals surface area contributed by atoms with Crippen molar-refractivity contribution in [3.63, 3.8) is 0 Å². The van der Waals surface area contributed by atoms with Crippen molar-refractivity contribution in [3.05, 3.63) is 51.7 Å². The van der Waals surface area contributed by atoms with Gasteiger partial charge >= 0.3 is 11.7 Å². The number of aromatic nitrogens is 2. The lowest BCUT2D eigenvalue weighted by Gasteiger charge is -2.09. The molecule has 1 aromatic carbocycles. The maximum Gasteiger partial charge on any atom is 0.338 e. The van der Waals surface area contributed by atoms with Gasteiger partial charge in [-0.15, -0.1) is 0 Å². The van der Waals surface area contributed by atoms with E-state index >= 15 is 0 Å². The standard InChI is InChI=1S/C12H11N3O4/c1-6-3-2-4-7(9(6)11(17)18)14-10(16)8-5-13-12(19)15-8/h2-5H,1H3,(H,14,16)(H,17,18)(H2,13,15,19). The van der Waals surface area contributed by atoms with Gasteiger partial charge in [0, 0.05) is 6.20 Å². The molecule has 0 unspecified atom stereocenters. The number of nitrogens with one attached hydrogen (secondary N) is 3. The molecule has 19 heavy (non-hydrogen) atoms. The van der Waals surface area contributed by atoms with E-state index in [2.05, 4.69) is 15.3 Å². The summed E-state index contributed by atoms with van der Waals surface area (Å²) in [4.78, 5) is 38.4. The zero-order valence-electron chi connectivity index (χ0n) is 9.98. The minimum Gasteiger partial charge on any atom is -0.478 e. The van der Waals surface area contributed by atoms with Crippen molar-refractivity contribution in [1.82, 2.24) is 9.97 Å². The smallest absolute Gasteiger partial charge is 0.338 e. The minimum absolute atomic E-state index is 0.0220. The summed E-state index contributed by atoms with van der Waals surface area (Å²) >= 11 is 0. The zero-order valence-corrected chi connectivity index (χ0v) is 9.98. The average Bonchev–Trinajstić information content (AvgIpc) is 2.75. The minimum atomic E-state index is -1.13. The fourth-order valence-electron chi connectivity index (χ4n) is 1.70. The molecule has 0 radical (unpaired) electrons. The summed E-state index contributed by atoms with van der Waals surface area (Å²) in [6.07, 6.45) is 1.22.